The lowest BCUT2D eigenvalue weighted by atomic mass is 10.1. The van der Waals surface area contributed by atoms with E-state index < -0.39 is 23.8 Å². The van der Waals surface area contributed by atoms with Gasteiger partial charge in [0.15, 0.2) is 0 Å². The number of aryl methyl sites for hydroxylation is 1. The van der Waals surface area contributed by atoms with Gasteiger partial charge in [0.25, 0.3) is 0 Å². The van der Waals surface area contributed by atoms with Crippen LogP contribution in [-0.4, -0.2) is 46.9 Å². The minimum Gasteiger partial charge on any atom is -0.478 e. The van der Waals surface area contributed by atoms with Crippen molar-refractivity contribution in [1.29, 1.82) is 0 Å². The van der Waals surface area contributed by atoms with Gasteiger partial charge in [-0.3, -0.25) is 14.9 Å². The average Bonchev–Trinajstić information content (AvgIpc) is 2.39. The molecule has 8 heteroatoms. The number of amides is 4. The van der Waals surface area contributed by atoms with Gasteiger partial charge in [-0.15, -0.1) is 0 Å². The number of carboxylic acid groups (broad SMARTS) is 1. The molecule has 0 aromatic heterocycles. The Bertz CT molecular complexity index is 625. The second-order valence-corrected chi connectivity index (χ2v) is 4.59. The first kappa shape index (κ1) is 14.5. The maximum Gasteiger partial charge on any atom is 0.335 e. The van der Waals surface area contributed by atoms with Crippen molar-refractivity contribution in [3.8, 4) is 0 Å². The van der Waals surface area contributed by atoms with Crippen molar-refractivity contribution in [1.82, 2.24) is 10.2 Å². The molecule has 3 N–H and O–H groups in total. The first-order valence-electron chi connectivity index (χ1n) is 6.09. The van der Waals surface area contributed by atoms with Gasteiger partial charge in [-0.05, 0) is 30.7 Å². The molecule has 0 atom stereocenters. The van der Waals surface area contributed by atoms with Crippen LogP contribution in [0.5, 0.6) is 0 Å². The smallest absolute Gasteiger partial charge is 0.335 e. The monoisotopic (exact) mass is 291 g/mol. The van der Waals surface area contributed by atoms with Crippen molar-refractivity contribution in [2.75, 3.05) is 18.4 Å². The molecular formula is C13H13N3O5. The summed E-state index contributed by atoms with van der Waals surface area (Å²) < 4.78 is 0. The van der Waals surface area contributed by atoms with Gasteiger partial charge in [-0.2, -0.15) is 0 Å². The van der Waals surface area contributed by atoms with Crippen LogP contribution >= 0.6 is 0 Å². The van der Waals surface area contributed by atoms with Crippen molar-refractivity contribution in [3.63, 3.8) is 0 Å². The van der Waals surface area contributed by atoms with Gasteiger partial charge in [-0.1, -0.05) is 0 Å². The van der Waals surface area contributed by atoms with E-state index in [2.05, 4.69) is 10.6 Å². The van der Waals surface area contributed by atoms with Gasteiger partial charge in [0, 0.05) is 5.69 Å². The summed E-state index contributed by atoms with van der Waals surface area (Å²) in [5, 5.41) is 13.5. The second-order valence-electron chi connectivity index (χ2n) is 4.59. The highest BCUT2D eigenvalue weighted by atomic mass is 16.4. The Balaban J connectivity index is 2.11. The topological polar surface area (TPSA) is 116 Å². The summed E-state index contributed by atoms with van der Waals surface area (Å²) in [5.41, 5.74) is 1.09. The molecule has 21 heavy (non-hydrogen) atoms. The number of carboxylic acids is 1. The Labute approximate surface area is 119 Å². The largest absolute Gasteiger partial charge is 0.478 e. The van der Waals surface area contributed by atoms with Gasteiger partial charge >= 0.3 is 12.0 Å². The van der Waals surface area contributed by atoms with E-state index in [1.165, 1.54) is 18.2 Å². The molecule has 0 radical (unpaired) electrons. The molecule has 0 saturated carbocycles. The maximum absolute atomic E-state index is 12.0. The lowest BCUT2D eigenvalue weighted by Gasteiger charge is -2.25. The Morgan fingerprint density at radius 2 is 1.86 bits per heavy atom. The number of hydrogen-bond acceptors (Lipinski definition) is 4. The Morgan fingerprint density at radius 3 is 2.38 bits per heavy atom. The summed E-state index contributed by atoms with van der Waals surface area (Å²) in [6.07, 6.45) is 0. The Hall–Kier alpha value is -2.90. The fourth-order valence-corrected chi connectivity index (χ4v) is 1.91. The number of carbonyl (C=O) groups excluding carboxylic acids is 3. The maximum atomic E-state index is 12.0. The van der Waals surface area contributed by atoms with Crippen LogP contribution in [0.25, 0.3) is 0 Å². The van der Waals surface area contributed by atoms with Crippen LogP contribution in [0.15, 0.2) is 18.2 Å². The number of anilines is 1. The predicted molar refractivity (Wildman–Crippen MR) is 71.9 cm³/mol. The summed E-state index contributed by atoms with van der Waals surface area (Å²) in [5.74, 6) is -2.15. The van der Waals surface area contributed by atoms with E-state index >= 15 is 0 Å². The molecule has 0 aliphatic carbocycles. The quantitative estimate of drug-likeness (QED) is 0.672. The summed E-state index contributed by atoms with van der Waals surface area (Å²) in [7, 11) is 0. The number of piperazine rings is 1. The van der Waals surface area contributed by atoms with Crippen LogP contribution in [0.4, 0.5) is 10.5 Å². The molecule has 0 unspecified atom stereocenters. The average molecular weight is 291 g/mol. The molecule has 8 nitrogen and oxygen atoms in total. The van der Waals surface area contributed by atoms with Gasteiger partial charge in [0.2, 0.25) is 11.8 Å². The number of aromatic carboxylic acids is 1. The number of urea groups is 1. The van der Waals surface area contributed by atoms with E-state index in [0.717, 1.165) is 4.90 Å². The van der Waals surface area contributed by atoms with Crippen molar-refractivity contribution in [3.05, 3.63) is 29.3 Å². The molecule has 2 rings (SSSR count). The van der Waals surface area contributed by atoms with Crippen LogP contribution in [0.1, 0.15) is 15.9 Å². The van der Waals surface area contributed by atoms with Gasteiger partial charge < -0.3 is 15.3 Å². The molecule has 1 aliphatic heterocycles. The van der Waals surface area contributed by atoms with Gasteiger partial charge in [0.1, 0.15) is 13.1 Å². The first-order chi connectivity index (χ1) is 9.86. The highest BCUT2D eigenvalue weighted by molar-refractivity contribution is 6.04. The third kappa shape index (κ3) is 3.35. The molecule has 1 heterocycles. The minimum atomic E-state index is -1.06. The van der Waals surface area contributed by atoms with Crippen LogP contribution in [0, 0.1) is 6.92 Å². The fraction of sp³-hybridized carbons (Fsp3) is 0.231. The Morgan fingerprint density at radius 1 is 1.24 bits per heavy atom. The zero-order valence-electron chi connectivity index (χ0n) is 11.2. The Kier molecular flexibility index (Phi) is 3.88. The van der Waals surface area contributed by atoms with E-state index in [9.17, 15) is 19.2 Å². The molecule has 0 spiro atoms. The second kappa shape index (κ2) is 5.61. The van der Waals surface area contributed by atoms with E-state index in [1.54, 1.807) is 6.92 Å². The minimum absolute atomic E-state index is 0.109. The molecule has 1 saturated heterocycles. The lowest BCUT2D eigenvalue weighted by Crippen LogP contribution is -2.54. The molecular weight excluding hydrogens is 278 g/mol. The zero-order valence-corrected chi connectivity index (χ0v) is 11.2. The van der Waals surface area contributed by atoms with E-state index in [0.29, 0.717) is 11.3 Å². The van der Waals surface area contributed by atoms with Crippen LogP contribution < -0.4 is 10.6 Å². The lowest BCUT2D eigenvalue weighted by molar-refractivity contribution is -0.134. The zero-order chi connectivity index (χ0) is 15.6. The molecule has 1 aromatic rings. The molecule has 110 valence electrons. The highest BCUT2D eigenvalue weighted by Gasteiger charge is 2.26. The number of rotatable bonds is 2. The molecule has 1 aliphatic rings. The van der Waals surface area contributed by atoms with Crippen LogP contribution in [-0.2, 0) is 9.59 Å². The number of carbonyl (C=O) groups is 4. The number of imide groups is 1. The predicted octanol–water partition coefficient (Wildman–Crippen LogP) is 0.184. The molecule has 0 bridgehead atoms. The van der Waals surface area contributed by atoms with E-state index in [4.69, 9.17) is 5.11 Å². The summed E-state index contributed by atoms with van der Waals surface area (Å²) in [6, 6.07) is 3.65. The SMILES string of the molecule is Cc1cc(C(=O)O)ccc1NC(=O)N1CC(=O)NC(=O)C1. The van der Waals surface area contributed by atoms with Crippen molar-refractivity contribution in [2.45, 2.75) is 6.92 Å². The van der Waals surface area contributed by atoms with Crippen LogP contribution in [0.2, 0.25) is 0 Å². The normalized spacial score (nSPS) is 14.6. The van der Waals surface area contributed by atoms with Crippen molar-refractivity contribution in [2.24, 2.45) is 0 Å². The third-order valence-corrected chi connectivity index (χ3v) is 2.95. The highest BCUT2D eigenvalue weighted by Crippen LogP contribution is 2.17. The molecule has 4 amide bonds. The summed E-state index contributed by atoms with van der Waals surface area (Å²) in [6.45, 7) is 1.24. The number of hydrogen-bond donors (Lipinski definition) is 3. The van der Waals surface area contributed by atoms with Crippen LogP contribution in [0.3, 0.4) is 0 Å². The van der Waals surface area contributed by atoms with Gasteiger partial charge in [0.05, 0.1) is 5.56 Å². The first-order valence-corrected chi connectivity index (χ1v) is 6.09. The van der Waals surface area contributed by atoms with Gasteiger partial charge in [-0.25, -0.2) is 9.59 Å². The summed E-state index contributed by atoms with van der Waals surface area (Å²) >= 11 is 0. The van der Waals surface area contributed by atoms with Crippen molar-refractivity contribution >= 4 is 29.5 Å². The third-order valence-electron chi connectivity index (χ3n) is 2.95. The summed E-state index contributed by atoms with van der Waals surface area (Å²) in [4.78, 5) is 46.3. The number of nitrogens with zero attached hydrogens (tertiary/aromatic N) is 1. The van der Waals surface area contributed by atoms with E-state index in [-0.39, 0.29) is 18.7 Å². The molecule has 1 aromatic carbocycles. The number of nitrogens with one attached hydrogen (secondary N) is 2. The van der Waals surface area contributed by atoms with Crippen molar-refractivity contribution < 1.29 is 24.3 Å². The standard InChI is InChI=1S/C13H13N3O5/c1-7-4-8(12(19)20)2-3-9(7)14-13(21)16-5-10(17)15-11(18)6-16/h2-4H,5-6H2,1H3,(H,14,21)(H,19,20)(H,15,17,18). The fourth-order valence-electron chi connectivity index (χ4n) is 1.91. The van der Waals surface area contributed by atoms with E-state index in [1.807, 2.05) is 0 Å². The molecule has 1 fully saturated rings. The number of benzene rings is 1.